The molecule has 0 aromatic rings. The third-order valence-corrected chi connectivity index (χ3v) is 3.85. The Balaban J connectivity index is 0.00000180. The highest BCUT2D eigenvalue weighted by Crippen LogP contribution is 2.12. The number of likely N-dealkylation sites (N-methyl/N-ethyl adjacent to an activating group) is 1. The van der Waals surface area contributed by atoms with Gasteiger partial charge >= 0.3 is 0 Å². The molecule has 0 saturated carbocycles. The van der Waals surface area contributed by atoms with Gasteiger partial charge in [0.05, 0.1) is 12.5 Å². The van der Waals surface area contributed by atoms with E-state index in [4.69, 9.17) is 0 Å². The third-order valence-electron chi connectivity index (χ3n) is 3.85. The fourth-order valence-corrected chi connectivity index (χ4v) is 2.65. The van der Waals surface area contributed by atoms with Gasteiger partial charge in [0.1, 0.15) is 0 Å². The van der Waals surface area contributed by atoms with Crippen LogP contribution in [-0.4, -0.2) is 60.9 Å². The predicted molar refractivity (Wildman–Crippen MR) is 76.3 cm³/mol. The zero-order valence-corrected chi connectivity index (χ0v) is 12.4. The molecule has 2 fully saturated rings. The molecule has 110 valence electrons. The molecule has 2 rings (SSSR count). The largest absolute Gasteiger partial charge is 0.343 e. The van der Waals surface area contributed by atoms with Crippen LogP contribution in [0, 0.1) is 0 Å². The molecule has 2 aliphatic heterocycles. The quantitative estimate of drug-likeness (QED) is 0.811. The van der Waals surface area contributed by atoms with Gasteiger partial charge in [0, 0.05) is 33.2 Å². The minimum Gasteiger partial charge on any atom is -0.343 e. The van der Waals surface area contributed by atoms with Crippen LogP contribution in [0.3, 0.4) is 0 Å². The van der Waals surface area contributed by atoms with Crippen LogP contribution in [-0.2, 0) is 9.59 Å². The van der Waals surface area contributed by atoms with Gasteiger partial charge in [0.2, 0.25) is 11.8 Å². The van der Waals surface area contributed by atoms with Gasteiger partial charge in [-0.15, -0.1) is 12.4 Å². The molecule has 0 bridgehead atoms. The summed E-state index contributed by atoms with van der Waals surface area (Å²) in [5.41, 5.74) is 0. The van der Waals surface area contributed by atoms with Gasteiger partial charge in [0.15, 0.2) is 0 Å². The van der Waals surface area contributed by atoms with Crippen LogP contribution in [0.5, 0.6) is 0 Å². The van der Waals surface area contributed by atoms with Crippen LogP contribution < -0.4 is 5.32 Å². The van der Waals surface area contributed by atoms with Gasteiger partial charge in [-0.2, -0.15) is 0 Å². The lowest BCUT2D eigenvalue weighted by atomic mass is 10.1. The van der Waals surface area contributed by atoms with Crippen molar-refractivity contribution in [2.75, 3.05) is 33.2 Å². The van der Waals surface area contributed by atoms with Crippen LogP contribution >= 0.6 is 12.4 Å². The first-order chi connectivity index (χ1) is 8.68. The molecule has 1 atom stereocenters. The topological polar surface area (TPSA) is 52.7 Å². The van der Waals surface area contributed by atoms with E-state index >= 15 is 0 Å². The Morgan fingerprint density at radius 2 is 1.84 bits per heavy atom. The summed E-state index contributed by atoms with van der Waals surface area (Å²) in [7, 11) is 1.80. The van der Waals surface area contributed by atoms with Crippen molar-refractivity contribution < 1.29 is 9.59 Å². The zero-order valence-electron chi connectivity index (χ0n) is 11.6. The van der Waals surface area contributed by atoms with Crippen molar-refractivity contribution in [2.24, 2.45) is 0 Å². The summed E-state index contributed by atoms with van der Waals surface area (Å²) in [6.07, 6.45) is 4.93. The van der Waals surface area contributed by atoms with E-state index < -0.39 is 0 Å². The fourth-order valence-electron chi connectivity index (χ4n) is 2.65. The van der Waals surface area contributed by atoms with E-state index in [0.717, 1.165) is 39.0 Å². The molecule has 2 saturated heterocycles. The van der Waals surface area contributed by atoms with E-state index in [1.165, 1.54) is 12.8 Å². The average Bonchev–Trinajstić information content (AvgIpc) is 2.63. The number of rotatable bonds is 2. The van der Waals surface area contributed by atoms with Gasteiger partial charge in [0.25, 0.3) is 0 Å². The van der Waals surface area contributed by atoms with Gasteiger partial charge in [-0.1, -0.05) is 12.8 Å². The maximum Gasteiger partial charge on any atom is 0.240 e. The lowest BCUT2D eigenvalue weighted by Gasteiger charge is -2.31. The first-order valence-corrected chi connectivity index (χ1v) is 6.94. The number of hydrogen-bond acceptors (Lipinski definition) is 3. The van der Waals surface area contributed by atoms with E-state index in [-0.39, 0.29) is 30.3 Å². The van der Waals surface area contributed by atoms with Gasteiger partial charge in [-0.25, -0.2) is 0 Å². The molecule has 1 unspecified atom stereocenters. The van der Waals surface area contributed by atoms with Crippen LogP contribution in [0.25, 0.3) is 0 Å². The number of piperazine rings is 1. The normalized spacial score (nSPS) is 24.7. The standard InChI is InChI=1S/C13H23N3O2.ClH/c1-15-9-6-14-11(13(15)18)10-12(17)16-7-4-2-3-5-8-16;/h11,14H,2-10H2,1H3;1H. The minimum absolute atomic E-state index is 0. The number of carbonyl (C=O) groups is 2. The second kappa shape index (κ2) is 7.70. The molecule has 2 heterocycles. The number of likely N-dealkylation sites (tertiary alicyclic amines) is 1. The first kappa shape index (κ1) is 16.2. The summed E-state index contributed by atoms with van der Waals surface area (Å²) >= 11 is 0. The molecular formula is C13H24ClN3O2. The smallest absolute Gasteiger partial charge is 0.240 e. The summed E-state index contributed by atoms with van der Waals surface area (Å²) in [6, 6.07) is -0.320. The van der Waals surface area contributed by atoms with Crippen molar-refractivity contribution in [2.45, 2.75) is 38.1 Å². The molecule has 19 heavy (non-hydrogen) atoms. The van der Waals surface area contributed by atoms with Crippen molar-refractivity contribution >= 4 is 24.2 Å². The van der Waals surface area contributed by atoms with Crippen LogP contribution in [0.1, 0.15) is 32.1 Å². The Kier molecular flexibility index (Phi) is 6.58. The molecule has 0 aromatic heterocycles. The predicted octanol–water partition coefficient (Wildman–Crippen LogP) is 0.631. The lowest BCUT2D eigenvalue weighted by Crippen LogP contribution is -2.55. The van der Waals surface area contributed by atoms with Crippen LogP contribution in [0.4, 0.5) is 0 Å². The number of amides is 2. The molecule has 2 aliphatic rings. The minimum atomic E-state index is -0.320. The SMILES string of the molecule is CN1CCNC(CC(=O)N2CCCCCC2)C1=O.Cl. The monoisotopic (exact) mass is 289 g/mol. The summed E-state index contributed by atoms with van der Waals surface area (Å²) < 4.78 is 0. The Bertz CT molecular complexity index is 317. The van der Waals surface area contributed by atoms with E-state index in [1.807, 2.05) is 4.90 Å². The number of halogens is 1. The van der Waals surface area contributed by atoms with Gasteiger partial charge in [-0.3, -0.25) is 9.59 Å². The molecule has 2 amide bonds. The Morgan fingerprint density at radius 3 is 2.47 bits per heavy atom. The van der Waals surface area contributed by atoms with Crippen molar-refractivity contribution in [3.8, 4) is 0 Å². The van der Waals surface area contributed by atoms with E-state index in [9.17, 15) is 9.59 Å². The first-order valence-electron chi connectivity index (χ1n) is 6.94. The lowest BCUT2D eigenvalue weighted by molar-refractivity contribution is -0.140. The molecule has 0 aromatic carbocycles. The van der Waals surface area contributed by atoms with E-state index in [2.05, 4.69) is 5.32 Å². The van der Waals surface area contributed by atoms with Gasteiger partial charge < -0.3 is 15.1 Å². The van der Waals surface area contributed by atoms with Gasteiger partial charge in [-0.05, 0) is 12.8 Å². The van der Waals surface area contributed by atoms with Crippen LogP contribution in [0.2, 0.25) is 0 Å². The number of nitrogens with zero attached hydrogens (tertiary/aromatic N) is 2. The van der Waals surface area contributed by atoms with E-state index in [1.54, 1.807) is 11.9 Å². The molecule has 0 spiro atoms. The molecule has 5 nitrogen and oxygen atoms in total. The maximum atomic E-state index is 12.2. The Labute approximate surface area is 121 Å². The summed E-state index contributed by atoms with van der Waals surface area (Å²) in [5, 5.41) is 3.15. The second-order valence-electron chi connectivity index (χ2n) is 5.27. The second-order valence-corrected chi connectivity index (χ2v) is 5.27. The molecular weight excluding hydrogens is 266 g/mol. The summed E-state index contributed by atoms with van der Waals surface area (Å²) in [5.74, 6) is 0.169. The van der Waals surface area contributed by atoms with Crippen molar-refractivity contribution in [3.63, 3.8) is 0 Å². The maximum absolute atomic E-state index is 12.2. The number of nitrogens with one attached hydrogen (secondary N) is 1. The van der Waals surface area contributed by atoms with Crippen LogP contribution in [0.15, 0.2) is 0 Å². The average molecular weight is 290 g/mol. The fraction of sp³-hybridized carbons (Fsp3) is 0.846. The van der Waals surface area contributed by atoms with Crippen molar-refractivity contribution in [1.82, 2.24) is 15.1 Å². The highest BCUT2D eigenvalue weighted by Gasteiger charge is 2.29. The Morgan fingerprint density at radius 1 is 1.21 bits per heavy atom. The third kappa shape index (κ3) is 4.35. The zero-order chi connectivity index (χ0) is 13.0. The number of hydrogen-bond donors (Lipinski definition) is 1. The van der Waals surface area contributed by atoms with Crippen molar-refractivity contribution in [1.29, 1.82) is 0 Å². The summed E-state index contributed by atoms with van der Waals surface area (Å²) in [6.45, 7) is 3.22. The number of carbonyl (C=O) groups excluding carboxylic acids is 2. The molecule has 0 aliphatic carbocycles. The Hall–Kier alpha value is -0.810. The molecule has 1 N–H and O–H groups in total. The van der Waals surface area contributed by atoms with Crippen molar-refractivity contribution in [3.05, 3.63) is 0 Å². The highest BCUT2D eigenvalue weighted by molar-refractivity contribution is 5.88. The summed E-state index contributed by atoms with van der Waals surface area (Å²) in [4.78, 5) is 27.7. The molecule has 0 radical (unpaired) electrons. The van der Waals surface area contributed by atoms with E-state index in [0.29, 0.717) is 6.42 Å². The molecule has 6 heteroatoms. The highest BCUT2D eigenvalue weighted by atomic mass is 35.5.